The Labute approximate surface area is 102 Å². The quantitative estimate of drug-likeness (QED) is 0.648. The summed E-state index contributed by atoms with van der Waals surface area (Å²) in [4.78, 5) is 2.02. The third-order valence-electron chi connectivity index (χ3n) is 2.30. The maximum Gasteiger partial charge on any atom is 0.0947 e. The molecule has 0 spiro atoms. The molecule has 0 saturated carbocycles. The van der Waals surface area contributed by atoms with E-state index in [4.69, 9.17) is 13.9 Å². The molecule has 0 aliphatic heterocycles. The molecule has 0 aromatic carbocycles. The fraction of sp³-hybridized carbons (Fsp3) is 0.667. The summed E-state index contributed by atoms with van der Waals surface area (Å²) in [5.74, 6) is 0. The third-order valence-corrected chi connectivity index (χ3v) is 2.30. The predicted octanol–water partition coefficient (Wildman–Crippen LogP) is 0.735. The van der Waals surface area contributed by atoms with Gasteiger partial charge in [0.1, 0.15) is 0 Å². The Morgan fingerprint density at radius 1 is 1.47 bits per heavy atom. The summed E-state index contributed by atoms with van der Waals surface area (Å²) >= 11 is 0. The van der Waals surface area contributed by atoms with Gasteiger partial charge < -0.3 is 19.0 Å². The molecule has 1 rings (SSSR count). The fourth-order valence-electron chi connectivity index (χ4n) is 1.53. The van der Waals surface area contributed by atoms with Crippen molar-refractivity contribution in [3.8, 4) is 0 Å². The third kappa shape index (κ3) is 6.43. The van der Waals surface area contributed by atoms with Gasteiger partial charge in [-0.05, 0) is 13.1 Å². The predicted molar refractivity (Wildman–Crippen MR) is 63.7 cm³/mol. The number of aliphatic hydroxyl groups excluding tert-OH is 1. The van der Waals surface area contributed by atoms with Crippen molar-refractivity contribution in [1.29, 1.82) is 0 Å². The molecule has 98 valence electrons. The molecule has 1 aromatic rings. The van der Waals surface area contributed by atoms with Crippen LogP contribution in [-0.4, -0.2) is 56.6 Å². The number of rotatable bonds is 9. The van der Waals surface area contributed by atoms with E-state index in [1.807, 2.05) is 18.0 Å². The summed E-state index contributed by atoms with van der Waals surface area (Å²) < 4.78 is 15.1. The van der Waals surface area contributed by atoms with Crippen LogP contribution in [0.1, 0.15) is 5.56 Å². The molecule has 5 nitrogen and oxygen atoms in total. The van der Waals surface area contributed by atoms with Crippen LogP contribution in [0.25, 0.3) is 0 Å². The van der Waals surface area contributed by atoms with Crippen LogP contribution in [0.5, 0.6) is 0 Å². The minimum atomic E-state index is -0.483. The van der Waals surface area contributed by atoms with Gasteiger partial charge in [-0.25, -0.2) is 0 Å². The molecule has 1 N–H and O–H groups in total. The van der Waals surface area contributed by atoms with Gasteiger partial charge in [-0.15, -0.1) is 0 Å². The number of aliphatic hydroxyl groups is 1. The molecule has 1 atom stereocenters. The standard InChI is InChI=1S/C12H21NO4/c1-13(7-11-3-4-16-9-11)8-12(14)10-17-6-5-15-2/h3-4,9,12,14H,5-8,10H2,1-2H3. The molecule has 1 aromatic heterocycles. The van der Waals surface area contributed by atoms with Crippen LogP contribution >= 0.6 is 0 Å². The van der Waals surface area contributed by atoms with Gasteiger partial charge in [-0.1, -0.05) is 0 Å². The molecule has 0 aliphatic rings. The molecule has 0 fully saturated rings. The number of ether oxygens (including phenoxy) is 2. The smallest absolute Gasteiger partial charge is 0.0947 e. The number of hydrogen-bond acceptors (Lipinski definition) is 5. The number of likely N-dealkylation sites (N-methyl/N-ethyl adjacent to an activating group) is 1. The van der Waals surface area contributed by atoms with Crippen molar-refractivity contribution in [3.05, 3.63) is 24.2 Å². The number of nitrogens with zero attached hydrogens (tertiary/aromatic N) is 1. The molecule has 0 bridgehead atoms. The first-order valence-corrected chi connectivity index (χ1v) is 5.66. The van der Waals surface area contributed by atoms with Crippen LogP contribution in [0.2, 0.25) is 0 Å². The van der Waals surface area contributed by atoms with Crippen molar-refractivity contribution in [2.24, 2.45) is 0 Å². The second-order valence-corrected chi connectivity index (χ2v) is 4.05. The van der Waals surface area contributed by atoms with Gasteiger partial charge in [0.25, 0.3) is 0 Å². The Morgan fingerprint density at radius 3 is 2.94 bits per heavy atom. The van der Waals surface area contributed by atoms with Crippen LogP contribution in [0.3, 0.4) is 0 Å². The summed E-state index contributed by atoms with van der Waals surface area (Å²) in [7, 11) is 3.57. The topological polar surface area (TPSA) is 55.1 Å². The Kier molecular flexibility index (Phi) is 6.88. The van der Waals surface area contributed by atoms with E-state index in [9.17, 15) is 5.11 Å². The van der Waals surface area contributed by atoms with Crippen LogP contribution in [0, 0.1) is 0 Å². The summed E-state index contributed by atoms with van der Waals surface area (Å²) in [6.45, 7) is 2.72. The zero-order valence-corrected chi connectivity index (χ0v) is 10.5. The monoisotopic (exact) mass is 243 g/mol. The zero-order valence-electron chi connectivity index (χ0n) is 10.5. The molecule has 0 amide bonds. The molecule has 17 heavy (non-hydrogen) atoms. The first-order chi connectivity index (χ1) is 8.22. The highest BCUT2D eigenvalue weighted by Gasteiger charge is 2.09. The fourth-order valence-corrected chi connectivity index (χ4v) is 1.53. The van der Waals surface area contributed by atoms with Gasteiger partial charge in [0, 0.05) is 25.8 Å². The normalized spacial score (nSPS) is 13.2. The van der Waals surface area contributed by atoms with Crippen molar-refractivity contribution >= 4 is 0 Å². The Morgan fingerprint density at radius 2 is 2.29 bits per heavy atom. The SMILES string of the molecule is COCCOCC(O)CN(C)Cc1ccoc1. The summed E-state index contributed by atoms with van der Waals surface area (Å²) in [6, 6.07) is 1.91. The first kappa shape index (κ1) is 14.2. The first-order valence-electron chi connectivity index (χ1n) is 5.66. The number of furan rings is 1. The Balaban J connectivity index is 2.10. The van der Waals surface area contributed by atoms with E-state index < -0.39 is 6.10 Å². The lowest BCUT2D eigenvalue weighted by atomic mass is 10.3. The van der Waals surface area contributed by atoms with Gasteiger partial charge in [0.05, 0.1) is 38.5 Å². The second-order valence-electron chi connectivity index (χ2n) is 4.05. The van der Waals surface area contributed by atoms with Crippen molar-refractivity contribution in [2.75, 3.05) is 40.5 Å². The van der Waals surface area contributed by atoms with Crippen molar-refractivity contribution in [2.45, 2.75) is 12.6 Å². The average molecular weight is 243 g/mol. The van der Waals surface area contributed by atoms with Crippen molar-refractivity contribution in [1.82, 2.24) is 4.90 Å². The van der Waals surface area contributed by atoms with Crippen molar-refractivity contribution < 1.29 is 19.0 Å². The highest BCUT2D eigenvalue weighted by atomic mass is 16.5. The van der Waals surface area contributed by atoms with E-state index in [1.54, 1.807) is 19.6 Å². The lowest BCUT2D eigenvalue weighted by Crippen LogP contribution is -2.32. The molecule has 1 heterocycles. The number of hydrogen-bond donors (Lipinski definition) is 1. The van der Waals surface area contributed by atoms with E-state index in [1.165, 1.54) is 0 Å². The van der Waals surface area contributed by atoms with Gasteiger partial charge in [-0.3, -0.25) is 4.90 Å². The Bertz CT molecular complexity index is 276. The van der Waals surface area contributed by atoms with Gasteiger partial charge in [0.15, 0.2) is 0 Å². The minimum Gasteiger partial charge on any atom is -0.472 e. The van der Waals surface area contributed by atoms with E-state index >= 15 is 0 Å². The van der Waals surface area contributed by atoms with Gasteiger partial charge in [-0.2, -0.15) is 0 Å². The van der Waals surface area contributed by atoms with Gasteiger partial charge in [0.2, 0.25) is 0 Å². The molecule has 0 aliphatic carbocycles. The maximum atomic E-state index is 9.72. The van der Waals surface area contributed by atoms with Crippen LogP contribution < -0.4 is 0 Å². The van der Waals surface area contributed by atoms with E-state index in [-0.39, 0.29) is 0 Å². The average Bonchev–Trinajstić information content (AvgIpc) is 2.77. The summed E-state index contributed by atoms with van der Waals surface area (Å²) in [6.07, 6.45) is 2.87. The second kappa shape index (κ2) is 8.25. The van der Waals surface area contributed by atoms with Crippen molar-refractivity contribution in [3.63, 3.8) is 0 Å². The molecule has 0 radical (unpaired) electrons. The van der Waals surface area contributed by atoms with Crippen LogP contribution in [-0.2, 0) is 16.0 Å². The zero-order chi connectivity index (χ0) is 12.5. The maximum absolute atomic E-state index is 9.72. The lowest BCUT2D eigenvalue weighted by Gasteiger charge is -2.19. The number of methoxy groups -OCH3 is 1. The van der Waals surface area contributed by atoms with E-state index in [0.29, 0.717) is 26.4 Å². The van der Waals surface area contributed by atoms with E-state index in [2.05, 4.69) is 0 Å². The highest BCUT2D eigenvalue weighted by Crippen LogP contribution is 2.04. The van der Waals surface area contributed by atoms with E-state index in [0.717, 1.165) is 12.1 Å². The highest BCUT2D eigenvalue weighted by molar-refractivity contribution is 5.04. The van der Waals surface area contributed by atoms with Crippen LogP contribution in [0.15, 0.2) is 23.0 Å². The summed E-state index contributed by atoms with van der Waals surface area (Å²) in [5, 5.41) is 9.72. The largest absolute Gasteiger partial charge is 0.472 e. The summed E-state index contributed by atoms with van der Waals surface area (Å²) in [5.41, 5.74) is 1.10. The minimum absolute atomic E-state index is 0.332. The molecule has 1 unspecified atom stereocenters. The molecule has 0 saturated heterocycles. The van der Waals surface area contributed by atoms with Gasteiger partial charge >= 0.3 is 0 Å². The molecular formula is C12H21NO4. The molecule has 5 heteroatoms. The molecular weight excluding hydrogens is 222 g/mol. The van der Waals surface area contributed by atoms with Crippen LogP contribution in [0.4, 0.5) is 0 Å². The lowest BCUT2D eigenvalue weighted by molar-refractivity contribution is 0.00159. The Hall–Kier alpha value is -0.880.